The van der Waals surface area contributed by atoms with Gasteiger partial charge in [0, 0.05) is 0 Å². The lowest BCUT2D eigenvalue weighted by Crippen LogP contribution is -1.96. The molecule has 0 aromatic heterocycles. The predicted molar refractivity (Wildman–Crippen MR) is 111 cm³/mol. The molecular weight excluding hydrogens is 304 g/mol. The normalized spacial score (nSPS) is 11.0. The lowest BCUT2D eigenvalue weighted by molar-refractivity contribution is 0.352. The Kier molecular flexibility index (Phi) is 14.5. The Morgan fingerprint density at radius 1 is 0.800 bits per heavy atom. The summed E-state index contributed by atoms with van der Waals surface area (Å²) in [5.41, 5.74) is 1.39. The maximum atomic E-state index is 5.60. The first-order valence-electron chi connectivity index (χ1n) is 10.7. The highest BCUT2D eigenvalue weighted by Gasteiger charge is 1.98. The Morgan fingerprint density at radius 2 is 1.36 bits per heavy atom. The Morgan fingerprint density at radius 3 is 1.92 bits per heavy atom. The first kappa shape index (κ1) is 22.1. The largest absolute Gasteiger partial charge is 0.493 e. The second-order valence-electron chi connectivity index (χ2n) is 7.24. The van der Waals surface area contributed by atoms with Gasteiger partial charge in [0.25, 0.3) is 0 Å². The van der Waals surface area contributed by atoms with Gasteiger partial charge in [-0.25, -0.2) is 0 Å². The average Bonchev–Trinajstić information content (AvgIpc) is 2.64. The van der Waals surface area contributed by atoms with Gasteiger partial charge in [-0.2, -0.15) is 0 Å². The van der Waals surface area contributed by atoms with Gasteiger partial charge in [0.15, 0.2) is 0 Å². The van der Waals surface area contributed by atoms with E-state index in [-0.39, 0.29) is 0 Å². The van der Waals surface area contributed by atoms with E-state index < -0.39 is 0 Å². The van der Waals surface area contributed by atoms with Crippen LogP contribution in [0.15, 0.2) is 24.3 Å². The van der Waals surface area contributed by atoms with Gasteiger partial charge in [-0.1, -0.05) is 96.1 Å². The molecule has 1 aromatic carbocycles. The molecule has 0 aliphatic rings. The van der Waals surface area contributed by atoms with E-state index in [4.69, 9.17) is 4.74 Å². The Balaban J connectivity index is 1.90. The molecule has 0 unspecified atom stereocenters. The van der Waals surface area contributed by atoms with Crippen LogP contribution >= 0.6 is 0 Å². The van der Waals surface area contributed by atoms with Crippen LogP contribution in [0.1, 0.15) is 96.0 Å². The number of hydrogen-bond acceptors (Lipinski definition) is 1. The van der Waals surface area contributed by atoms with Crippen LogP contribution in [0.25, 0.3) is 0 Å². The summed E-state index contributed by atoms with van der Waals surface area (Å²) in [7, 11) is 0. The van der Waals surface area contributed by atoms with Gasteiger partial charge in [0.05, 0.1) is 6.61 Å². The number of benzene rings is 1. The fraction of sp³-hybridized carbons (Fsp3) is 0.667. The molecule has 1 heteroatoms. The summed E-state index contributed by atoms with van der Waals surface area (Å²) in [6.07, 6.45) is 21.3. The fourth-order valence-corrected chi connectivity index (χ4v) is 3.29. The third-order valence-electron chi connectivity index (χ3n) is 4.84. The van der Waals surface area contributed by atoms with E-state index in [0.717, 1.165) is 5.75 Å². The molecule has 25 heavy (non-hydrogen) atoms. The molecule has 1 aromatic rings. The van der Waals surface area contributed by atoms with Crippen molar-refractivity contribution < 1.29 is 4.74 Å². The minimum atomic E-state index is 0.586. The van der Waals surface area contributed by atoms with Crippen molar-refractivity contribution in [1.29, 1.82) is 0 Å². The van der Waals surface area contributed by atoms with Crippen LogP contribution < -0.4 is 4.74 Å². The zero-order valence-electron chi connectivity index (χ0n) is 16.6. The molecule has 1 rings (SSSR count). The van der Waals surface area contributed by atoms with Gasteiger partial charge < -0.3 is 4.74 Å². The number of ether oxygens (including phenoxy) is 1. The van der Waals surface area contributed by atoms with Crippen LogP contribution in [0.4, 0.5) is 0 Å². The zero-order chi connectivity index (χ0) is 18.0. The molecule has 0 bridgehead atoms. The summed E-state index contributed by atoms with van der Waals surface area (Å²) in [5, 5.41) is 0. The number of unbranched alkanes of at least 4 members (excludes halogenated alkanes) is 12. The van der Waals surface area contributed by atoms with Crippen LogP contribution in [0, 0.1) is 13.3 Å². The van der Waals surface area contributed by atoms with E-state index in [1.165, 1.54) is 95.5 Å². The zero-order valence-corrected chi connectivity index (χ0v) is 16.6. The van der Waals surface area contributed by atoms with Crippen molar-refractivity contribution in [2.75, 3.05) is 6.61 Å². The molecule has 0 aliphatic heterocycles. The highest BCUT2D eigenvalue weighted by atomic mass is 16.5. The second-order valence-corrected chi connectivity index (χ2v) is 7.24. The molecule has 0 N–H and O–H groups in total. The number of rotatable bonds is 17. The van der Waals surface area contributed by atoms with Crippen LogP contribution in [-0.2, 0) is 6.42 Å². The lowest BCUT2D eigenvalue weighted by atomic mass is 10.0. The summed E-state index contributed by atoms with van der Waals surface area (Å²) in [5.74, 6) is 0.965. The Labute approximate surface area is 157 Å². The summed E-state index contributed by atoms with van der Waals surface area (Å²) in [6.45, 7) is 6.56. The van der Waals surface area contributed by atoms with E-state index in [9.17, 15) is 0 Å². The predicted octanol–water partition coefficient (Wildman–Crippen LogP) is 7.74. The smallest absolute Gasteiger partial charge is 0.119 e. The average molecular weight is 345 g/mol. The van der Waals surface area contributed by atoms with Crippen LogP contribution in [0.2, 0.25) is 0 Å². The highest BCUT2D eigenvalue weighted by molar-refractivity contribution is 5.28. The quantitative estimate of drug-likeness (QED) is 0.263. The standard InChI is InChI=1S/C24H40O/c1-3-5-6-7-8-9-10-11-12-13-14-15-16-18-23-19-17-20-24(22-23)25-21-4-2/h4,17,19-20,22H,2-3,5-16,18,21H2,1H3. The molecule has 0 fully saturated rings. The van der Waals surface area contributed by atoms with Gasteiger partial charge in [0.2, 0.25) is 0 Å². The van der Waals surface area contributed by atoms with E-state index in [1.807, 2.05) is 6.07 Å². The molecule has 0 heterocycles. The van der Waals surface area contributed by atoms with E-state index in [1.54, 1.807) is 6.42 Å². The molecule has 0 aliphatic carbocycles. The van der Waals surface area contributed by atoms with Gasteiger partial charge in [-0.05, 0) is 43.9 Å². The van der Waals surface area contributed by atoms with E-state index >= 15 is 0 Å². The monoisotopic (exact) mass is 344 g/mol. The van der Waals surface area contributed by atoms with E-state index in [2.05, 4.69) is 32.0 Å². The van der Waals surface area contributed by atoms with Gasteiger partial charge >= 0.3 is 0 Å². The van der Waals surface area contributed by atoms with Gasteiger partial charge in [0.1, 0.15) is 5.75 Å². The number of hydrogen-bond donors (Lipinski definition) is 0. The van der Waals surface area contributed by atoms with E-state index in [0.29, 0.717) is 6.61 Å². The highest BCUT2D eigenvalue weighted by Crippen LogP contribution is 2.17. The van der Waals surface area contributed by atoms with Gasteiger partial charge in [-0.15, -0.1) is 0 Å². The summed E-state index contributed by atoms with van der Waals surface area (Å²) >= 11 is 0. The lowest BCUT2D eigenvalue weighted by Gasteiger charge is -2.07. The van der Waals surface area contributed by atoms with Crippen LogP contribution in [0.5, 0.6) is 5.75 Å². The number of aryl methyl sites for hydroxylation is 1. The summed E-state index contributed by atoms with van der Waals surface area (Å²) in [4.78, 5) is 0. The third kappa shape index (κ3) is 13.0. The summed E-state index contributed by atoms with van der Waals surface area (Å²) < 4.78 is 5.60. The van der Waals surface area contributed by atoms with Gasteiger partial charge in [-0.3, -0.25) is 0 Å². The molecule has 2 radical (unpaired) electrons. The summed E-state index contributed by atoms with van der Waals surface area (Å²) in [6, 6.07) is 8.50. The Bertz CT molecular complexity index is 399. The molecular formula is C24H40O. The first-order chi connectivity index (χ1) is 12.4. The first-order valence-corrected chi connectivity index (χ1v) is 10.7. The third-order valence-corrected chi connectivity index (χ3v) is 4.84. The topological polar surface area (TPSA) is 9.23 Å². The molecule has 0 saturated carbocycles. The Hall–Kier alpha value is -0.980. The van der Waals surface area contributed by atoms with Crippen molar-refractivity contribution in [3.05, 3.63) is 43.2 Å². The van der Waals surface area contributed by atoms with Crippen molar-refractivity contribution in [2.45, 2.75) is 96.8 Å². The molecule has 0 saturated heterocycles. The molecule has 0 amide bonds. The van der Waals surface area contributed by atoms with Crippen molar-refractivity contribution in [1.82, 2.24) is 0 Å². The fourth-order valence-electron chi connectivity index (χ4n) is 3.29. The SMILES string of the molecule is [CH2][CH]COc1cccc(CCCCCCCCCCCCCCC)c1. The van der Waals surface area contributed by atoms with Crippen LogP contribution in [-0.4, -0.2) is 6.61 Å². The molecule has 0 atom stereocenters. The maximum absolute atomic E-state index is 5.60. The van der Waals surface area contributed by atoms with Crippen molar-refractivity contribution in [3.8, 4) is 5.75 Å². The second kappa shape index (κ2) is 16.5. The minimum Gasteiger partial charge on any atom is -0.493 e. The van der Waals surface area contributed by atoms with Crippen molar-refractivity contribution in [2.24, 2.45) is 0 Å². The van der Waals surface area contributed by atoms with Crippen molar-refractivity contribution >= 4 is 0 Å². The molecule has 0 spiro atoms. The maximum Gasteiger partial charge on any atom is 0.119 e. The minimum absolute atomic E-state index is 0.586. The van der Waals surface area contributed by atoms with Crippen LogP contribution in [0.3, 0.4) is 0 Å². The molecule has 1 nitrogen and oxygen atoms in total. The van der Waals surface area contributed by atoms with Crippen molar-refractivity contribution in [3.63, 3.8) is 0 Å². The molecule has 142 valence electrons.